The first-order valence-electron chi connectivity index (χ1n) is 12.0. The largest absolute Gasteiger partial charge is 0.313 e. The van der Waals surface area contributed by atoms with Crippen LogP contribution >= 0.6 is 0 Å². The third kappa shape index (κ3) is 2.30. The summed E-state index contributed by atoms with van der Waals surface area (Å²) in [7, 11) is 0. The van der Waals surface area contributed by atoms with Gasteiger partial charge in [0, 0.05) is 32.6 Å². The van der Waals surface area contributed by atoms with Crippen molar-refractivity contribution in [1.29, 1.82) is 0 Å². The van der Waals surface area contributed by atoms with Crippen molar-refractivity contribution in [3.63, 3.8) is 0 Å². The van der Waals surface area contributed by atoms with Crippen molar-refractivity contribution in [2.45, 2.75) is 12.8 Å². The smallest absolute Gasteiger partial charge is 0.0547 e. The molecule has 2 nitrogen and oxygen atoms in total. The lowest BCUT2D eigenvalue weighted by atomic mass is 10.1. The summed E-state index contributed by atoms with van der Waals surface area (Å²) in [4.78, 5) is 0. The van der Waals surface area contributed by atoms with Crippen molar-refractivity contribution in [3.05, 3.63) is 109 Å². The van der Waals surface area contributed by atoms with Crippen LogP contribution in [0.3, 0.4) is 0 Å². The lowest BCUT2D eigenvalue weighted by Gasteiger charge is -2.14. The molecule has 3 aromatic heterocycles. The topological polar surface area (TPSA) is 9.34 Å². The Bertz CT molecular complexity index is 2010. The van der Waals surface area contributed by atoms with Gasteiger partial charge in [0.15, 0.2) is 0 Å². The van der Waals surface area contributed by atoms with E-state index in [4.69, 9.17) is 0 Å². The molecular formula is C32H22N2. The van der Waals surface area contributed by atoms with Crippen LogP contribution < -0.4 is 0 Å². The van der Waals surface area contributed by atoms with Crippen molar-refractivity contribution in [3.8, 4) is 0 Å². The first-order chi connectivity index (χ1) is 16.9. The average molecular weight is 435 g/mol. The summed E-state index contributed by atoms with van der Waals surface area (Å²) >= 11 is 0. The van der Waals surface area contributed by atoms with Crippen LogP contribution in [0.1, 0.15) is 12.8 Å². The van der Waals surface area contributed by atoms with Gasteiger partial charge in [-0.2, -0.15) is 0 Å². The van der Waals surface area contributed by atoms with Crippen molar-refractivity contribution < 1.29 is 0 Å². The van der Waals surface area contributed by atoms with Gasteiger partial charge in [-0.3, -0.25) is 0 Å². The molecule has 0 amide bonds. The molecule has 0 fully saturated rings. The molecule has 0 atom stereocenters. The van der Waals surface area contributed by atoms with Crippen LogP contribution in [0.2, 0.25) is 0 Å². The normalized spacial score (nSPS) is 14.3. The zero-order chi connectivity index (χ0) is 22.2. The molecule has 0 N–H and O–H groups in total. The minimum absolute atomic E-state index is 1.06. The third-order valence-electron chi connectivity index (χ3n) is 7.51. The molecular weight excluding hydrogens is 412 g/mol. The van der Waals surface area contributed by atoms with Crippen LogP contribution in [-0.4, -0.2) is 8.97 Å². The Morgan fingerprint density at radius 3 is 1.94 bits per heavy atom. The van der Waals surface area contributed by atoms with Gasteiger partial charge in [0.05, 0.1) is 27.6 Å². The standard InChI is InChI=1S/C32H22N2/c1-2-10-22(11-3-1)33-28-16-8-7-15-26(28)27-20-30-21(19-32(27)33)18-31-25-14-5-4-12-23(25)24-13-6-9-17-29(24)34(30)31/h1-2,4-10,12-20H,3,11H2. The maximum atomic E-state index is 2.48. The Morgan fingerprint density at radius 2 is 1.18 bits per heavy atom. The predicted octanol–water partition coefficient (Wildman–Crippen LogP) is 8.70. The first kappa shape index (κ1) is 18.2. The van der Waals surface area contributed by atoms with Gasteiger partial charge in [-0.05, 0) is 54.6 Å². The summed E-state index contributed by atoms with van der Waals surface area (Å²) in [6.07, 6.45) is 8.89. The van der Waals surface area contributed by atoms with E-state index in [1.54, 1.807) is 0 Å². The highest BCUT2D eigenvalue weighted by atomic mass is 15.0. The Balaban J connectivity index is 1.60. The van der Waals surface area contributed by atoms with Crippen LogP contribution in [-0.2, 0) is 0 Å². The number of benzene rings is 4. The number of hydrogen-bond acceptors (Lipinski definition) is 0. The van der Waals surface area contributed by atoms with E-state index in [9.17, 15) is 0 Å². The minimum Gasteiger partial charge on any atom is -0.313 e. The number of pyridine rings is 1. The quantitative estimate of drug-likeness (QED) is 0.229. The van der Waals surface area contributed by atoms with Crippen molar-refractivity contribution >= 4 is 65.6 Å². The molecule has 0 bridgehead atoms. The van der Waals surface area contributed by atoms with E-state index in [0.29, 0.717) is 0 Å². The molecule has 2 heteroatoms. The van der Waals surface area contributed by atoms with Gasteiger partial charge >= 0.3 is 0 Å². The zero-order valence-corrected chi connectivity index (χ0v) is 18.7. The van der Waals surface area contributed by atoms with E-state index in [1.165, 1.54) is 65.6 Å². The fourth-order valence-electron chi connectivity index (χ4n) is 6.05. The van der Waals surface area contributed by atoms with Crippen LogP contribution in [0, 0.1) is 0 Å². The molecule has 8 rings (SSSR count). The average Bonchev–Trinajstić information content (AvgIpc) is 3.44. The molecule has 0 saturated carbocycles. The highest BCUT2D eigenvalue weighted by Crippen LogP contribution is 2.39. The number of hydrogen-bond donors (Lipinski definition) is 0. The van der Waals surface area contributed by atoms with E-state index in [2.05, 4.69) is 118 Å². The van der Waals surface area contributed by atoms with Crippen molar-refractivity contribution in [1.82, 2.24) is 8.97 Å². The molecule has 0 unspecified atom stereocenters. The fraction of sp³-hybridized carbons (Fsp3) is 0.0625. The van der Waals surface area contributed by atoms with Gasteiger partial charge in [0.2, 0.25) is 0 Å². The molecule has 7 aromatic rings. The number of fused-ring (bicyclic) bond motifs is 11. The molecule has 1 aliphatic rings. The number of allylic oxidation sites excluding steroid dienone is 4. The monoisotopic (exact) mass is 434 g/mol. The van der Waals surface area contributed by atoms with Crippen LogP contribution in [0.4, 0.5) is 0 Å². The van der Waals surface area contributed by atoms with Gasteiger partial charge in [-0.25, -0.2) is 0 Å². The summed E-state index contributed by atoms with van der Waals surface area (Å²) < 4.78 is 4.94. The number of nitrogens with zero attached hydrogens (tertiary/aromatic N) is 2. The molecule has 4 aromatic carbocycles. The molecule has 0 spiro atoms. The minimum atomic E-state index is 1.06. The summed E-state index contributed by atoms with van der Waals surface area (Å²) in [5.74, 6) is 0. The molecule has 0 aliphatic heterocycles. The zero-order valence-electron chi connectivity index (χ0n) is 18.7. The Morgan fingerprint density at radius 1 is 0.529 bits per heavy atom. The molecule has 0 saturated heterocycles. The molecule has 1 aliphatic carbocycles. The van der Waals surface area contributed by atoms with Gasteiger partial charge in [-0.1, -0.05) is 72.8 Å². The second kappa shape index (κ2) is 6.61. The SMILES string of the molecule is C1=CCCC(n2c3ccccc3c3cc4c(cc32)cc2c3ccccc3c3ccccc3n42)=C1. The third-order valence-corrected chi connectivity index (χ3v) is 7.51. The fourth-order valence-corrected chi connectivity index (χ4v) is 6.05. The van der Waals surface area contributed by atoms with E-state index in [1.807, 2.05) is 0 Å². The molecule has 160 valence electrons. The number of rotatable bonds is 1. The lowest BCUT2D eigenvalue weighted by molar-refractivity contribution is 0.979. The highest BCUT2D eigenvalue weighted by Gasteiger charge is 2.18. The van der Waals surface area contributed by atoms with Gasteiger partial charge in [0.25, 0.3) is 0 Å². The van der Waals surface area contributed by atoms with E-state index < -0.39 is 0 Å². The molecule has 0 radical (unpaired) electrons. The van der Waals surface area contributed by atoms with Gasteiger partial charge in [0.1, 0.15) is 0 Å². The second-order valence-electron chi connectivity index (χ2n) is 9.33. The highest BCUT2D eigenvalue weighted by molar-refractivity contribution is 6.19. The number of aromatic nitrogens is 2. The summed E-state index contributed by atoms with van der Waals surface area (Å²) in [5, 5.41) is 7.82. The van der Waals surface area contributed by atoms with Gasteiger partial charge in [-0.15, -0.1) is 0 Å². The first-order valence-corrected chi connectivity index (χ1v) is 12.0. The van der Waals surface area contributed by atoms with Crippen LogP contribution in [0.25, 0.3) is 65.6 Å². The van der Waals surface area contributed by atoms with E-state index >= 15 is 0 Å². The molecule has 3 heterocycles. The molecule has 34 heavy (non-hydrogen) atoms. The van der Waals surface area contributed by atoms with Crippen molar-refractivity contribution in [2.75, 3.05) is 0 Å². The Kier molecular flexibility index (Phi) is 3.53. The number of para-hydroxylation sites is 2. The lowest BCUT2D eigenvalue weighted by Crippen LogP contribution is -1.98. The van der Waals surface area contributed by atoms with Gasteiger partial charge < -0.3 is 8.97 Å². The van der Waals surface area contributed by atoms with E-state index in [0.717, 1.165) is 12.8 Å². The predicted molar refractivity (Wildman–Crippen MR) is 146 cm³/mol. The maximum absolute atomic E-state index is 2.48. The maximum Gasteiger partial charge on any atom is 0.0547 e. The Labute approximate surface area is 196 Å². The summed E-state index contributed by atoms with van der Waals surface area (Å²) in [6, 6.07) is 33.6. The summed E-state index contributed by atoms with van der Waals surface area (Å²) in [5.41, 5.74) is 7.75. The van der Waals surface area contributed by atoms with Crippen LogP contribution in [0.5, 0.6) is 0 Å². The van der Waals surface area contributed by atoms with Crippen LogP contribution in [0.15, 0.2) is 109 Å². The Hall–Kier alpha value is -4.30. The van der Waals surface area contributed by atoms with E-state index in [-0.39, 0.29) is 0 Å². The summed E-state index contributed by atoms with van der Waals surface area (Å²) in [6.45, 7) is 0. The second-order valence-corrected chi connectivity index (χ2v) is 9.33. The van der Waals surface area contributed by atoms with Crippen molar-refractivity contribution in [2.24, 2.45) is 0 Å².